The molecule has 2 aliphatic carbocycles. The summed E-state index contributed by atoms with van der Waals surface area (Å²) in [7, 11) is 0. The van der Waals surface area contributed by atoms with Gasteiger partial charge >= 0.3 is 0 Å². The van der Waals surface area contributed by atoms with Gasteiger partial charge in [-0.05, 0) is 44.8 Å². The molecule has 2 saturated carbocycles. The van der Waals surface area contributed by atoms with Crippen LogP contribution in [0.5, 0.6) is 0 Å². The van der Waals surface area contributed by atoms with Gasteiger partial charge in [0.05, 0.1) is 6.10 Å². The summed E-state index contributed by atoms with van der Waals surface area (Å²) >= 11 is 2.17. The average Bonchev–Trinajstić information content (AvgIpc) is 2.96. The van der Waals surface area contributed by atoms with Crippen LogP contribution in [0.4, 0.5) is 0 Å². The van der Waals surface area contributed by atoms with Gasteiger partial charge in [0.15, 0.2) is 0 Å². The zero-order chi connectivity index (χ0) is 13.1. The summed E-state index contributed by atoms with van der Waals surface area (Å²) in [5, 5.41) is 4.79. The topological polar surface area (TPSA) is 21.3 Å². The first-order valence-corrected chi connectivity index (χ1v) is 9.36. The number of thioether (sulfide) groups is 1. The molecule has 3 heteroatoms. The van der Waals surface area contributed by atoms with E-state index >= 15 is 0 Å². The molecule has 1 heterocycles. The highest BCUT2D eigenvalue weighted by Crippen LogP contribution is 2.53. The van der Waals surface area contributed by atoms with Crippen molar-refractivity contribution in [3.63, 3.8) is 0 Å². The van der Waals surface area contributed by atoms with Gasteiger partial charge in [-0.2, -0.15) is 11.8 Å². The van der Waals surface area contributed by atoms with Gasteiger partial charge in [0, 0.05) is 29.9 Å². The predicted octanol–water partition coefficient (Wildman–Crippen LogP) is 3.60. The molecule has 3 atom stereocenters. The van der Waals surface area contributed by atoms with E-state index in [1.807, 2.05) is 0 Å². The Bertz CT molecular complexity index is 284. The molecule has 0 bridgehead atoms. The second kappa shape index (κ2) is 6.36. The van der Waals surface area contributed by atoms with E-state index in [1.54, 1.807) is 0 Å². The van der Waals surface area contributed by atoms with Crippen molar-refractivity contribution >= 4 is 11.8 Å². The Morgan fingerprint density at radius 1 is 1.21 bits per heavy atom. The van der Waals surface area contributed by atoms with Gasteiger partial charge in [-0.25, -0.2) is 0 Å². The fourth-order valence-corrected chi connectivity index (χ4v) is 5.64. The molecule has 0 amide bonds. The third kappa shape index (κ3) is 2.84. The maximum atomic E-state index is 6.03. The molecule has 1 spiro atoms. The molecule has 110 valence electrons. The van der Waals surface area contributed by atoms with E-state index < -0.39 is 0 Å². The Morgan fingerprint density at radius 3 is 2.74 bits per heavy atom. The average molecular weight is 283 g/mol. The Morgan fingerprint density at radius 2 is 2.05 bits per heavy atom. The zero-order valence-corrected chi connectivity index (χ0v) is 13.1. The number of nitrogens with one attached hydrogen (secondary N) is 1. The molecule has 3 aliphatic rings. The molecule has 2 nitrogen and oxygen atoms in total. The highest BCUT2D eigenvalue weighted by molar-refractivity contribution is 8.00. The van der Waals surface area contributed by atoms with E-state index in [1.165, 1.54) is 63.7 Å². The first-order chi connectivity index (χ1) is 9.35. The third-order valence-corrected chi connectivity index (χ3v) is 6.95. The first-order valence-electron chi connectivity index (χ1n) is 8.32. The minimum absolute atomic E-state index is 0.498. The van der Waals surface area contributed by atoms with Crippen molar-refractivity contribution in [3.8, 4) is 0 Å². The van der Waals surface area contributed by atoms with E-state index in [0.717, 1.165) is 17.9 Å². The molecular formula is C16H29NOS. The molecule has 1 aliphatic heterocycles. The standard InChI is InChI=1S/C16H29NOS/c1-2-18-15-11-14(16(15)8-4-3-5-9-16)17-12-13-7-6-10-19-13/h13-15,17H,2-12H2,1H3. The largest absolute Gasteiger partial charge is 0.378 e. The smallest absolute Gasteiger partial charge is 0.0661 e. The second-order valence-corrected chi connectivity index (χ2v) is 7.98. The van der Waals surface area contributed by atoms with Gasteiger partial charge in [-0.3, -0.25) is 0 Å². The Labute approximate surface area is 122 Å². The number of ether oxygens (including phenoxy) is 1. The van der Waals surface area contributed by atoms with E-state index in [2.05, 4.69) is 24.0 Å². The number of rotatable bonds is 5. The lowest BCUT2D eigenvalue weighted by Gasteiger charge is -2.58. The molecule has 0 aromatic carbocycles. The van der Waals surface area contributed by atoms with Crippen molar-refractivity contribution < 1.29 is 4.74 Å². The van der Waals surface area contributed by atoms with Crippen LogP contribution in [-0.2, 0) is 4.74 Å². The minimum Gasteiger partial charge on any atom is -0.378 e. The summed E-state index contributed by atoms with van der Waals surface area (Å²) in [4.78, 5) is 0. The van der Waals surface area contributed by atoms with Crippen LogP contribution in [0.2, 0.25) is 0 Å². The molecule has 3 rings (SSSR count). The Kier molecular flexibility index (Phi) is 4.76. The Hall–Kier alpha value is 0.270. The summed E-state index contributed by atoms with van der Waals surface area (Å²) in [6.07, 6.45) is 11.7. The van der Waals surface area contributed by atoms with Crippen LogP contribution in [0, 0.1) is 5.41 Å². The molecule has 0 aromatic heterocycles. The van der Waals surface area contributed by atoms with Gasteiger partial charge in [0.2, 0.25) is 0 Å². The zero-order valence-electron chi connectivity index (χ0n) is 12.3. The van der Waals surface area contributed by atoms with Crippen molar-refractivity contribution in [2.45, 2.75) is 75.7 Å². The molecule has 0 radical (unpaired) electrons. The monoisotopic (exact) mass is 283 g/mol. The normalized spacial score (nSPS) is 37.4. The summed E-state index contributed by atoms with van der Waals surface area (Å²) in [6.45, 7) is 4.26. The van der Waals surface area contributed by atoms with Gasteiger partial charge in [0.1, 0.15) is 0 Å². The molecule has 1 N–H and O–H groups in total. The Balaban J connectivity index is 1.55. The molecule has 3 fully saturated rings. The van der Waals surface area contributed by atoms with Crippen molar-refractivity contribution in [2.75, 3.05) is 18.9 Å². The third-order valence-electron chi connectivity index (χ3n) is 5.55. The lowest BCUT2D eigenvalue weighted by molar-refractivity contribution is -0.149. The van der Waals surface area contributed by atoms with Crippen LogP contribution in [-0.4, -0.2) is 36.3 Å². The van der Waals surface area contributed by atoms with Crippen LogP contribution in [0.1, 0.15) is 58.3 Å². The van der Waals surface area contributed by atoms with Crippen LogP contribution in [0.3, 0.4) is 0 Å². The predicted molar refractivity (Wildman–Crippen MR) is 82.8 cm³/mol. The number of hydrogen-bond donors (Lipinski definition) is 1. The SMILES string of the molecule is CCOC1CC(NCC2CCCS2)C12CCCCC2. The van der Waals surface area contributed by atoms with Crippen molar-refractivity contribution in [1.82, 2.24) is 5.32 Å². The van der Waals surface area contributed by atoms with Crippen molar-refractivity contribution in [3.05, 3.63) is 0 Å². The maximum absolute atomic E-state index is 6.03. The van der Waals surface area contributed by atoms with E-state index in [0.29, 0.717) is 11.5 Å². The lowest BCUT2D eigenvalue weighted by Crippen LogP contribution is -2.65. The van der Waals surface area contributed by atoms with E-state index in [-0.39, 0.29) is 0 Å². The molecule has 19 heavy (non-hydrogen) atoms. The number of hydrogen-bond acceptors (Lipinski definition) is 3. The quantitative estimate of drug-likeness (QED) is 0.833. The summed E-state index contributed by atoms with van der Waals surface area (Å²) in [5.41, 5.74) is 0.498. The summed E-state index contributed by atoms with van der Waals surface area (Å²) < 4.78 is 6.03. The van der Waals surface area contributed by atoms with Gasteiger partial charge in [0.25, 0.3) is 0 Å². The highest BCUT2D eigenvalue weighted by Gasteiger charge is 2.55. The van der Waals surface area contributed by atoms with Crippen LogP contribution in [0.15, 0.2) is 0 Å². The molecule has 3 unspecified atom stereocenters. The fourth-order valence-electron chi connectivity index (χ4n) is 4.43. The van der Waals surface area contributed by atoms with Crippen LogP contribution >= 0.6 is 11.8 Å². The summed E-state index contributed by atoms with van der Waals surface area (Å²) in [5.74, 6) is 1.38. The molecule has 0 aromatic rings. The fraction of sp³-hybridized carbons (Fsp3) is 1.00. The lowest BCUT2D eigenvalue weighted by atomic mass is 9.55. The summed E-state index contributed by atoms with van der Waals surface area (Å²) in [6, 6.07) is 0.741. The van der Waals surface area contributed by atoms with Crippen LogP contribution < -0.4 is 5.32 Å². The molecular weight excluding hydrogens is 254 g/mol. The van der Waals surface area contributed by atoms with Gasteiger partial charge in [-0.15, -0.1) is 0 Å². The molecule has 1 saturated heterocycles. The van der Waals surface area contributed by atoms with Crippen LogP contribution in [0.25, 0.3) is 0 Å². The first kappa shape index (κ1) is 14.2. The second-order valence-electron chi connectivity index (χ2n) is 6.57. The van der Waals surface area contributed by atoms with Crippen molar-refractivity contribution in [1.29, 1.82) is 0 Å². The van der Waals surface area contributed by atoms with E-state index in [4.69, 9.17) is 4.74 Å². The highest BCUT2D eigenvalue weighted by atomic mass is 32.2. The van der Waals surface area contributed by atoms with E-state index in [9.17, 15) is 0 Å². The maximum Gasteiger partial charge on any atom is 0.0661 e. The van der Waals surface area contributed by atoms with Crippen molar-refractivity contribution in [2.24, 2.45) is 5.41 Å². The van der Waals surface area contributed by atoms with Gasteiger partial charge < -0.3 is 10.1 Å². The van der Waals surface area contributed by atoms with Gasteiger partial charge in [-0.1, -0.05) is 19.3 Å². The minimum atomic E-state index is 0.498.